The topological polar surface area (TPSA) is 49.8 Å². The fourth-order valence-electron chi connectivity index (χ4n) is 2.77. The Balaban J connectivity index is 1.96. The Bertz CT molecular complexity index is 475. The molecule has 5 heteroatoms. The standard InChI is InChI=1S/C16H22ClNO3/c1-11(19)10-14-4-3-9-18(14)16(20)12(2)21-15-7-5-13(17)6-8-15/h5-8,11-12,14,19H,3-4,9-10H2,1-2H3. The molecule has 4 nitrogen and oxygen atoms in total. The number of halogens is 1. The lowest BCUT2D eigenvalue weighted by Gasteiger charge is -2.28. The van der Waals surface area contributed by atoms with Gasteiger partial charge in [0, 0.05) is 17.6 Å². The van der Waals surface area contributed by atoms with Gasteiger partial charge in [-0.05, 0) is 57.4 Å². The van der Waals surface area contributed by atoms with Crippen molar-refractivity contribution in [3.63, 3.8) is 0 Å². The average Bonchev–Trinajstić information content (AvgIpc) is 2.87. The van der Waals surface area contributed by atoms with Crippen molar-refractivity contribution in [3.05, 3.63) is 29.3 Å². The van der Waals surface area contributed by atoms with Crippen LogP contribution in [0.2, 0.25) is 5.02 Å². The molecule has 1 aliphatic heterocycles. The van der Waals surface area contributed by atoms with Crippen LogP contribution in [-0.4, -0.2) is 40.7 Å². The quantitative estimate of drug-likeness (QED) is 0.909. The first-order valence-corrected chi connectivity index (χ1v) is 7.76. The third-order valence-electron chi connectivity index (χ3n) is 3.75. The molecule has 1 heterocycles. The number of carbonyl (C=O) groups is 1. The predicted molar refractivity (Wildman–Crippen MR) is 82.6 cm³/mol. The monoisotopic (exact) mass is 311 g/mol. The molecule has 21 heavy (non-hydrogen) atoms. The van der Waals surface area contributed by atoms with Gasteiger partial charge < -0.3 is 14.7 Å². The van der Waals surface area contributed by atoms with Gasteiger partial charge in [0.25, 0.3) is 5.91 Å². The van der Waals surface area contributed by atoms with Crippen LogP contribution < -0.4 is 4.74 Å². The van der Waals surface area contributed by atoms with Crippen LogP contribution in [-0.2, 0) is 4.79 Å². The summed E-state index contributed by atoms with van der Waals surface area (Å²) in [6, 6.07) is 7.10. The van der Waals surface area contributed by atoms with Gasteiger partial charge in [-0.25, -0.2) is 0 Å². The zero-order chi connectivity index (χ0) is 15.4. The van der Waals surface area contributed by atoms with E-state index < -0.39 is 12.2 Å². The first-order chi connectivity index (χ1) is 9.97. The van der Waals surface area contributed by atoms with E-state index in [1.165, 1.54) is 0 Å². The van der Waals surface area contributed by atoms with Gasteiger partial charge in [0.15, 0.2) is 6.10 Å². The van der Waals surface area contributed by atoms with E-state index in [-0.39, 0.29) is 11.9 Å². The Kier molecular flexibility index (Phi) is 5.48. The molecule has 1 amide bonds. The van der Waals surface area contributed by atoms with Gasteiger partial charge >= 0.3 is 0 Å². The number of rotatable bonds is 5. The van der Waals surface area contributed by atoms with Crippen LogP contribution in [0.1, 0.15) is 33.1 Å². The van der Waals surface area contributed by atoms with Crippen LogP contribution in [0, 0.1) is 0 Å². The summed E-state index contributed by atoms with van der Waals surface area (Å²) in [6.45, 7) is 4.26. The molecule has 1 aliphatic rings. The molecule has 1 aromatic rings. The summed E-state index contributed by atoms with van der Waals surface area (Å²) in [5.74, 6) is 0.611. The molecule has 3 unspecified atom stereocenters. The van der Waals surface area contributed by atoms with Gasteiger partial charge in [0.2, 0.25) is 0 Å². The zero-order valence-electron chi connectivity index (χ0n) is 12.5. The third kappa shape index (κ3) is 4.35. The van der Waals surface area contributed by atoms with E-state index in [0.717, 1.165) is 19.4 Å². The number of aliphatic hydroxyl groups excluding tert-OH is 1. The maximum absolute atomic E-state index is 12.5. The number of carbonyl (C=O) groups excluding carboxylic acids is 1. The molecule has 0 radical (unpaired) electrons. The molecule has 0 saturated carbocycles. The summed E-state index contributed by atoms with van der Waals surface area (Å²) in [6.07, 6.45) is 1.62. The van der Waals surface area contributed by atoms with Crippen molar-refractivity contribution >= 4 is 17.5 Å². The molecule has 0 bridgehead atoms. The normalized spacial score (nSPS) is 21.1. The molecule has 2 rings (SSSR count). The fourth-order valence-corrected chi connectivity index (χ4v) is 2.89. The molecule has 0 aliphatic carbocycles. The van der Waals surface area contributed by atoms with E-state index in [9.17, 15) is 9.90 Å². The van der Waals surface area contributed by atoms with Crippen LogP contribution >= 0.6 is 11.6 Å². The lowest BCUT2D eigenvalue weighted by Crippen LogP contribution is -2.44. The molecular weight excluding hydrogens is 290 g/mol. The smallest absolute Gasteiger partial charge is 0.263 e. The van der Waals surface area contributed by atoms with Crippen molar-refractivity contribution in [3.8, 4) is 5.75 Å². The van der Waals surface area contributed by atoms with Gasteiger partial charge in [0.1, 0.15) is 5.75 Å². The lowest BCUT2D eigenvalue weighted by atomic mass is 10.1. The summed E-state index contributed by atoms with van der Waals surface area (Å²) in [7, 11) is 0. The molecule has 1 aromatic carbocycles. The van der Waals surface area contributed by atoms with Crippen molar-refractivity contribution in [2.45, 2.75) is 51.4 Å². The summed E-state index contributed by atoms with van der Waals surface area (Å²) in [4.78, 5) is 14.3. The van der Waals surface area contributed by atoms with Crippen molar-refractivity contribution in [1.29, 1.82) is 0 Å². The maximum Gasteiger partial charge on any atom is 0.263 e. The van der Waals surface area contributed by atoms with Gasteiger partial charge in [-0.15, -0.1) is 0 Å². The number of nitrogens with zero attached hydrogens (tertiary/aromatic N) is 1. The highest BCUT2D eigenvalue weighted by Gasteiger charge is 2.32. The number of hydrogen-bond acceptors (Lipinski definition) is 3. The van der Waals surface area contributed by atoms with E-state index in [2.05, 4.69) is 0 Å². The Morgan fingerprint density at radius 3 is 2.71 bits per heavy atom. The summed E-state index contributed by atoms with van der Waals surface area (Å²) >= 11 is 5.83. The van der Waals surface area contributed by atoms with Crippen molar-refractivity contribution in [1.82, 2.24) is 4.90 Å². The van der Waals surface area contributed by atoms with Gasteiger partial charge in [0.05, 0.1) is 6.10 Å². The van der Waals surface area contributed by atoms with Gasteiger partial charge in [-0.3, -0.25) is 4.79 Å². The third-order valence-corrected chi connectivity index (χ3v) is 4.00. The van der Waals surface area contributed by atoms with Crippen LogP contribution in [0.5, 0.6) is 5.75 Å². The average molecular weight is 312 g/mol. The number of amides is 1. The molecule has 1 N–H and O–H groups in total. The van der Waals surface area contributed by atoms with E-state index in [1.807, 2.05) is 4.90 Å². The second-order valence-electron chi connectivity index (χ2n) is 5.63. The largest absolute Gasteiger partial charge is 0.481 e. The molecule has 1 fully saturated rings. The minimum absolute atomic E-state index is 0.0203. The highest BCUT2D eigenvalue weighted by atomic mass is 35.5. The number of benzene rings is 1. The Hall–Kier alpha value is -1.26. The second-order valence-corrected chi connectivity index (χ2v) is 6.06. The van der Waals surface area contributed by atoms with Crippen LogP contribution in [0.25, 0.3) is 0 Å². The number of aliphatic hydroxyl groups is 1. The number of hydrogen-bond donors (Lipinski definition) is 1. The molecule has 116 valence electrons. The molecule has 0 spiro atoms. The van der Waals surface area contributed by atoms with Gasteiger partial charge in [-0.1, -0.05) is 11.6 Å². The molecule has 0 aromatic heterocycles. The summed E-state index contributed by atoms with van der Waals surface area (Å²) in [5, 5.41) is 10.2. The van der Waals surface area contributed by atoms with E-state index in [0.29, 0.717) is 17.2 Å². The second kappa shape index (κ2) is 7.14. The molecule has 1 saturated heterocycles. The SMILES string of the molecule is CC(O)CC1CCCN1C(=O)C(C)Oc1ccc(Cl)cc1. The van der Waals surface area contributed by atoms with E-state index >= 15 is 0 Å². The first-order valence-electron chi connectivity index (χ1n) is 7.38. The molecular formula is C16H22ClNO3. The number of likely N-dealkylation sites (tertiary alicyclic amines) is 1. The Morgan fingerprint density at radius 2 is 2.10 bits per heavy atom. The highest BCUT2D eigenvalue weighted by Crippen LogP contribution is 2.24. The summed E-state index contributed by atoms with van der Waals surface area (Å²) < 4.78 is 5.68. The summed E-state index contributed by atoms with van der Waals surface area (Å²) in [5.41, 5.74) is 0. The van der Waals surface area contributed by atoms with Gasteiger partial charge in [-0.2, -0.15) is 0 Å². The highest BCUT2D eigenvalue weighted by molar-refractivity contribution is 6.30. The van der Waals surface area contributed by atoms with Crippen molar-refractivity contribution in [2.24, 2.45) is 0 Å². The Labute approximate surface area is 130 Å². The zero-order valence-corrected chi connectivity index (χ0v) is 13.2. The number of ether oxygens (including phenoxy) is 1. The predicted octanol–water partition coefficient (Wildman–Crippen LogP) is 2.87. The van der Waals surface area contributed by atoms with Crippen LogP contribution in [0.15, 0.2) is 24.3 Å². The first kappa shape index (κ1) is 16.1. The minimum Gasteiger partial charge on any atom is -0.481 e. The minimum atomic E-state index is -0.541. The van der Waals surface area contributed by atoms with E-state index in [1.54, 1.807) is 38.1 Å². The lowest BCUT2D eigenvalue weighted by molar-refractivity contribution is -0.139. The fraction of sp³-hybridized carbons (Fsp3) is 0.562. The van der Waals surface area contributed by atoms with Crippen molar-refractivity contribution < 1.29 is 14.6 Å². The molecule has 3 atom stereocenters. The Morgan fingerprint density at radius 1 is 1.43 bits per heavy atom. The maximum atomic E-state index is 12.5. The van der Waals surface area contributed by atoms with Crippen LogP contribution in [0.3, 0.4) is 0 Å². The van der Waals surface area contributed by atoms with Crippen LogP contribution in [0.4, 0.5) is 0 Å². The van der Waals surface area contributed by atoms with E-state index in [4.69, 9.17) is 16.3 Å². The van der Waals surface area contributed by atoms with Crippen molar-refractivity contribution in [2.75, 3.05) is 6.54 Å².